The van der Waals surface area contributed by atoms with Gasteiger partial charge in [-0.1, -0.05) is 6.92 Å². The summed E-state index contributed by atoms with van der Waals surface area (Å²) >= 11 is 1.08. The van der Waals surface area contributed by atoms with Crippen LogP contribution in [-0.2, 0) is 10.5 Å². The second-order valence-electron chi connectivity index (χ2n) is 2.03. The summed E-state index contributed by atoms with van der Waals surface area (Å²) in [4.78, 5) is 3.78. The van der Waals surface area contributed by atoms with Crippen molar-refractivity contribution >= 4 is 22.6 Å². The number of imidazole rings is 1. The fraction of sp³-hybridized carbons (Fsp3) is 0.500. The minimum absolute atomic E-state index is 0.407. The fourth-order valence-electron chi connectivity index (χ4n) is 0.827. The average Bonchev–Trinajstić information content (AvgIpc) is 2.31. The van der Waals surface area contributed by atoms with E-state index in [4.69, 9.17) is 0 Å². The van der Waals surface area contributed by atoms with Gasteiger partial charge < -0.3 is 0 Å². The molecule has 0 aliphatic rings. The Balaban J connectivity index is 3.02. The quantitative estimate of drug-likeness (QED) is 0.597. The van der Waals surface area contributed by atoms with E-state index in [-0.39, 0.29) is 0 Å². The molecule has 0 fully saturated rings. The molecule has 0 radical (unpaired) electrons. The molecule has 5 heteroatoms. The maximum absolute atomic E-state index is 12.6. The van der Waals surface area contributed by atoms with Crippen LogP contribution in [0.3, 0.4) is 0 Å². The number of aromatic nitrogens is 2. The Hall–Kier alpha value is -0.200. The number of alkyl halides is 3. The predicted octanol–water partition coefficient (Wildman–Crippen LogP) is 2.39. The van der Waals surface area contributed by atoms with E-state index in [1.54, 1.807) is 6.92 Å². The van der Waals surface area contributed by atoms with Crippen molar-refractivity contribution in [2.75, 3.05) is 0 Å². The van der Waals surface area contributed by atoms with Gasteiger partial charge in [0.05, 0.1) is 0 Å². The second-order valence-corrected chi connectivity index (χ2v) is 3.33. The van der Waals surface area contributed by atoms with Gasteiger partial charge in [0, 0.05) is 41.4 Å². The first-order valence-electron chi connectivity index (χ1n) is 3.15. The number of nitrogens with zero attached hydrogens (tertiary/aromatic N) is 2. The normalized spacial score (nSPS) is 12.0. The van der Waals surface area contributed by atoms with E-state index in [0.717, 1.165) is 27.2 Å². The van der Waals surface area contributed by atoms with Crippen LogP contribution in [0, 0.1) is 0 Å². The molecule has 0 amide bonds. The van der Waals surface area contributed by atoms with Gasteiger partial charge in [0.2, 0.25) is 0 Å². The minimum atomic E-state index is -2.86. The highest BCUT2D eigenvalue weighted by molar-refractivity contribution is 14.1. The maximum Gasteiger partial charge on any atom is 0.381 e. The third kappa shape index (κ3) is 1.88. The number of hydrogen-bond acceptors (Lipinski definition) is 1. The van der Waals surface area contributed by atoms with Crippen LogP contribution >= 0.6 is 22.6 Å². The standard InChI is InChI=1S/C6H7F2IN2/c1-2-5-10-3-4-11(5)6(7,8)9/h3-4H,2H2,1H3. The number of aryl methyl sites for hydroxylation is 1. The first kappa shape index (κ1) is 8.89. The van der Waals surface area contributed by atoms with Crippen LogP contribution in [0.15, 0.2) is 12.4 Å². The zero-order chi connectivity index (χ0) is 8.48. The van der Waals surface area contributed by atoms with Crippen molar-refractivity contribution in [2.45, 2.75) is 17.4 Å². The number of halogens is 3. The van der Waals surface area contributed by atoms with Crippen LogP contribution in [0.1, 0.15) is 12.7 Å². The van der Waals surface area contributed by atoms with Gasteiger partial charge >= 0.3 is 4.05 Å². The van der Waals surface area contributed by atoms with Gasteiger partial charge in [-0.15, -0.1) is 0 Å². The van der Waals surface area contributed by atoms with Crippen LogP contribution < -0.4 is 0 Å². The highest BCUT2D eigenvalue weighted by Crippen LogP contribution is 2.29. The molecule has 0 saturated heterocycles. The lowest BCUT2D eigenvalue weighted by molar-refractivity contribution is 0.0432. The summed E-state index contributed by atoms with van der Waals surface area (Å²) in [5.74, 6) is 0.407. The van der Waals surface area contributed by atoms with E-state index in [2.05, 4.69) is 4.98 Å². The van der Waals surface area contributed by atoms with Crippen molar-refractivity contribution in [2.24, 2.45) is 0 Å². The molecule has 1 aromatic rings. The van der Waals surface area contributed by atoms with Crippen LogP contribution in [0.25, 0.3) is 0 Å². The van der Waals surface area contributed by atoms with Gasteiger partial charge in [-0.25, -0.2) is 4.98 Å². The van der Waals surface area contributed by atoms with Crippen LogP contribution in [-0.4, -0.2) is 9.55 Å². The Kier molecular flexibility index (Phi) is 2.46. The maximum atomic E-state index is 12.6. The predicted molar refractivity (Wildman–Crippen MR) is 45.8 cm³/mol. The van der Waals surface area contributed by atoms with Crippen LogP contribution in [0.4, 0.5) is 8.78 Å². The van der Waals surface area contributed by atoms with E-state index in [9.17, 15) is 8.78 Å². The molecule has 0 unspecified atom stereocenters. The summed E-state index contributed by atoms with van der Waals surface area (Å²) in [5, 5.41) is 0. The van der Waals surface area contributed by atoms with Crippen LogP contribution in [0.5, 0.6) is 0 Å². The molecule has 0 aliphatic heterocycles. The molecule has 2 nitrogen and oxygen atoms in total. The molecule has 0 N–H and O–H groups in total. The lowest BCUT2D eigenvalue weighted by Gasteiger charge is -2.11. The van der Waals surface area contributed by atoms with Crippen molar-refractivity contribution in [3.63, 3.8) is 0 Å². The summed E-state index contributed by atoms with van der Waals surface area (Å²) in [6.07, 6.45) is 3.18. The molecule has 1 rings (SSSR count). The molecule has 0 bridgehead atoms. The van der Waals surface area contributed by atoms with Crippen molar-refractivity contribution in [3.05, 3.63) is 18.2 Å². The fourth-order valence-corrected chi connectivity index (χ4v) is 1.27. The van der Waals surface area contributed by atoms with Gasteiger partial charge in [0.15, 0.2) is 0 Å². The number of hydrogen-bond donors (Lipinski definition) is 0. The van der Waals surface area contributed by atoms with Gasteiger partial charge in [-0.3, -0.25) is 4.57 Å². The van der Waals surface area contributed by atoms with Gasteiger partial charge in [-0.05, 0) is 0 Å². The molecule has 0 atom stereocenters. The Bertz CT molecular complexity index is 241. The Morgan fingerprint density at radius 1 is 1.73 bits per heavy atom. The van der Waals surface area contributed by atoms with Gasteiger partial charge in [0.25, 0.3) is 0 Å². The average molecular weight is 272 g/mol. The van der Waals surface area contributed by atoms with Gasteiger partial charge in [0.1, 0.15) is 5.82 Å². The molecular formula is C6H7F2IN2. The highest BCUT2D eigenvalue weighted by atomic mass is 127. The minimum Gasteiger partial charge on any atom is -0.266 e. The molecule has 1 aromatic heterocycles. The third-order valence-electron chi connectivity index (χ3n) is 1.31. The van der Waals surface area contributed by atoms with Gasteiger partial charge in [-0.2, -0.15) is 8.78 Å². The molecule has 1 heterocycles. The Labute approximate surface area is 76.8 Å². The first-order valence-corrected chi connectivity index (χ1v) is 4.23. The summed E-state index contributed by atoms with van der Waals surface area (Å²) in [6.45, 7) is 1.79. The van der Waals surface area contributed by atoms with E-state index in [1.807, 2.05) is 0 Å². The Morgan fingerprint density at radius 2 is 2.36 bits per heavy atom. The molecule has 0 aromatic carbocycles. The molecule has 0 aliphatic carbocycles. The molecular weight excluding hydrogens is 265 g/mol. The van der Waals surface area contributed by atoms with E-state index in [1.165, 1.54) is 12.4 Å². The monoisotopic (exact) mass is 272 g/mol. The highest BCUT2D eigenvalue weighted by Gasteiger charge is 2.27. The summed E-state index contributed by atoms with van der Waals surface area (Å²) in [7, 11) is 0. The summed E-state index contributed by atoms with van der Waals surface area (Å²) in [6, 6.07) is 0. The van der Waals surface area contributed by atoms with E-state index < -0.39 is 4.05 Å². The third-order valence-corrected chi connectivity index (χ3v) is 1.83. The van der Waals surface area contributed by atoms with Crippen molar-refractivity contribution in [1.29, 1.82) is 0 Å². The zero-order valence-electron chi connectivity index (χ0n) is 5.89. The molecule has 0 spiro atoms. The SMILES string of the molecule is CCc1nccn1C(F)(F)I. The largest absolute Gasteiger partial charge is 0.381 e. The lowest BCUT2D eigenvalue weighted by atomic mass is 10.5. The molecule has 62 valence electrons. The molecule has 0 saturated carbocycles. The topological polar surface area (TPSA) is 17.8 Å². The van der Waals surface area contributed by atoms with Crippen molar-refractivity contribution in [3.8, 4) is 0 Å². The summed E-state index contributed by atoms with van der Waals surface area (Å²) in [5.41, 5.74) is 0. The van der Waals surface area contributed by atoms with Crippen molar-refractivity contribution in [1.82, 2.24) is 9.55 Å². The lowest BCUT2D eigenvalue weighted by Crippen LogP contribution is -2.16. The summed E-state index contributed by atoms with van der Waals surface area (Å²) < 4.78 is 23.3. The van der Waals surface area contributed by atoms with E-state index in [0.29, 0.717) is 12.2 Å². The molecule has 11 heavy (non-hydrogen) atoms. The second kappa shape index (κ2) is 3.04. The zero-order valence-corrected chi connectivity index (χ0v) is 8.05. The van der Waals surface area contributed by atoms with Crippen molar-refractivity contribution < 1.29 is 8.78 Å². The van der Waals surface area contributed by atoms with Crippen LogP contribution in [0.2, 0.25) is 0 Å². The number of rotatable bonds is 2. The van der Waals surface area contributed by atoms with E-state index >= 15 is 0 Å². The Morgan fingerprint density at radius 3 is 2.73 bits per heavy atom. The smallest absolute Gasteiger partial charge is 0.266 e. The first-order chi connectivity index (χ1) is 5.05.